The first-order chi connectivity index (χ1) is 11.5. The zero-order valence-electron chi connectivity index (χ0n) is 14.1. The molecule has 3 unspecified atom stereocenters. The van der Waals surface area contributed by atoms with Gasteiger partial charge >= 0.3 is 5.97 Å². The SMILES string of the molecule is CC(CC/C=C/C(N)=O)C1CC1c1ccc(COC(=O)CN)cc1. The lowest BCUT2D eigenvalue weighted by Gasteiger charge is -2.10. The fraction of sp³-hybridized carbons (Fsp3) is 0.474. The van der Waals surface area contributed by atoms with Crippen LogP contribution in [0.4, 0.5) is 0 Å². The first-order valence-electron chi connectivity index (χ1n) is 8.41. The molecule has 1 aromatic carbocycles. The van der Waals surface area contributed by atoms with Crippen molar-refractivity contribution in [2.24, 2.45) is 23.3 Å². The highest BCUT2D eigenvalue weighted by Crippen LogP contribution is 2.52. The van der Waals surface area contributed by atoms with Gasteiger partial charge in [0.15, 0.2) is 0 Å². The minimum atomic E-state index is -0.388. The van der Waals surface area contributed by atoms with Crippen LogP contribution in [0.3, 0.4) is 0 Å². The minimum absolute atomic E-state index is 0.0889. The minimum Gasteiger partial charge on any atom is -0.460 e. The van der Waals surface area contributed by atoms with E-state index in [2.05, 4.69) is 19.1 Å². The number of primary amides is 1. The number of carbonyl (C=O) groups excluding carboxylic acids is 2. The highest BCUT2D eigenvalue weighted by atomic mass is 16.5. The molecule has 1 saturated carbocycles. The summed E-state index contributed by atoms with van der Waals surface area (Å²) in [4.78, 5) is 21.7. The molecule has 4 N–H and O–H groups in total. The average Bonchev–Trinajstić information content (AvgIpc) is 3.37. The van der Waals surface area contributed by atoms with E-state index in [0.29, 0.717) is 17.8 Å². The van der Waals surface area contributed by atoms with Crippen molar-refractivity contribution in [2.45, 2.75) is 38.7 Å². The number of benzene rings is 1. The molecule has 0 radical (unpaired) electrons. The van der Waals surface area contributed by atoms with E-state index in [9.17, 15) is 9.59 Å². The van der Waals surface area contributed by atoms with Crippen LogP contribution in [-0.4, -0.2) is 18.4 Å². The van der Waals surface area contributed by atoms with Crippen molar-refractivity contribution in [1.29, 1.82) is 0 Å². The van der Waals surface area contributed by atoms with Crippen LogP contribution in [0.5, 0.6) is 0 Å². The molecule has 3 atom stereocenters. The van der Waals surface area contributed by atoms with Gasteiger partial charge < -0.3 is 16.2 Å². The standard InChI is InChI=1S/C19H26N2O3/c1-13(4-2-3-5-18(21)22)16-10-17(16)15-8-6-14(7-9-15)12-24-19(23)11-20/h3,5-9,13,16-17H,2,4,10-12,20H2,1H3,(H2,21,22)/b5-3+. The molecule has 0 spiro atoms. The molecule has 24 heavy (non-hydrogen) atoms. The summed E-state index contributed by atoms with van der Waals surface area (Å²) in [6.07, 6.45) is 6.46. The number of nitrogens with two attached hydrogens (primary N) is 2. The molecule has 1 aliphatic rings. The lowest BCUT2D eigenvalue weighted by molar-refractivity contribution is -0.143. The number of carbonyl (C=O) groups is 2. The first kappa shape index (κ1) is 18.2. The van der Waals surface area contributed by atoms with Gasteiger partial charge in [0.05, 0.1) is 6.54 Å². The van der Waals surface area contributed by atoms with E-state index in [1.165, 1.54) is 18.1 Å². The van der Waals surface area contributed by atoms with Crippen LogP contribution in [-0.2, 0) is 20.9 Å². The van der Waals surface area contributed by atoms with E-state index in [1.54, 1.807) is 0 Å². The first-order valence-corrected chi connectivity index (χ1v) is 8.41. The Balaban J connectivity index is 1.77. The third kappa shape index (κ3) is 5.49. The highest BCUT2D eigenvalue weighted by Gasteiger charge is 2.41. The van der Waals surface area contributed by atoms with Gasteiger partial charge in [-0.25, -0.2) is 0 Å². The van der Waals surface area contributed by atoms with Gasteiger partial charge in [0, 0.05) is 0 Å². The van der Waals surface area contributed by atoms with Crippen molar-refractivity contribution in [3.63, 3.8) is 0 Å². The quantitative estimate of drug-likeness (QED) is 0.536. The van der Waals surface area contributed by atoms with Crippen LogP contribution in [0.1, 0.15) is 43.2 Å². The smallest absolute Gasteiger partial charge is 0.320 e. The molecule has 5 heteroatoms. The second-order valence-corrected chi connectivity index (χ2v) is 6.47. The van der Waals surface area contributed by atoms with E-state index in [4.69, 9.17) is 16.2 Å². The summed E-state index contributed by atoms with van der Waals surface area (Å²) in [7, 11) is 0. The topological polar surface area (TPSA) is 95.4 Å². The van der Waals surface area contributed by atoms with Crippen molar-refractivity contribution in [3.05, 3.63) is 47.5 Å². The molecule has 0 aliphatic heterocycles. The number of ether oxygens (including phenoxy) is 1. The molecule has 130 valence electrons. The molecule has 0 heterocycles. The maximum Gasteiger partial charge on any atom is 0.320 e. The molecule has 0 saturated heterocycles. The van der Waals surface area contributed by atoms with Crippen LogP contribution < -0.4 is 11.5 Å². The fourth-order valence-electron chi connectivity index (χ4n) is 3.08. The number of rotatable bonds is 9. The number of amides is 1. The maximum atomic E-state index is 11.1. The van der Waals surface area contributed by atoms with Gasteiger partial charge in [-0.05, 0) is 54.2 Å². The molecular formula is C19H26N2O3. The monoisotopic (exact) mass is 330 g/mol. The normalized spacial score (nSPS) is 20.8. The Morgan fingerprint density at radius 3 is 2.67 bits per heavy atom. The Labute approximate surface area is 143 Å². The van der Waals surface area contributed by atoms with Gasteiger partial charge in [-0.3, -0.25) is 9.59 Å². The molecular weight excluding hydrogens is 304 g/mol. The van der Waals surface area contributed by atoms with Crippen LogP contribution in [0.15, 0.2) is 36.4 Å². The average molecular weight is 330 g/mol. The molecule has 5 nitrogen and oxygen atoms in total. The summed E-state index contributed by atoms with van der Waals surface area (Å²) < 4.78 is 5.02. The van der Waals surface area contributed by atoms with Crippen LogP contribution >= 0.6 is 0 Å². The molecule has 1 aromatic rings. The molecule has 1 aliphatic carbocycles. The third-order valence-corrected chi connectivity index (χ3v) is 4.62. The van der Waals surface area contributed by atoms with Crippen LogP contribution in [0.25, 0.3) is 0 Å². The van der Waals surface area contributed by atoms with Gasteiger partial charge in [-0.2, -0.15) is 0 Å². The van der Waals surface area contributed by atoms with Gasteiger partial charge in [0.2, 0.25) is 5.91 Å². The summed E-state index contributed by atoms with van der Waals surface area (Å²) in [5.41, 5.74) is 12.6. The lowest BCUT2D eigenvalue weighted by atomic mass is 9.96. The van der Waals surface area contributed by atoms with Crippen molar-refractivity contribution < 1.29 is 14.3 Å². The van der Waals surface area contributed by atoms with Gasteiger partial charge in [0.1, 0.15) is 6.61 Å². The molecule has 1 amide bonds. The zero-order valence-corrected chi connectivity index (χ0v) is 14.1. The molecule has 0 bridgehead atoms. The summed E-state index contributed by atoms with van der Waals surface area (Å²) in [6, 6.07) is 8.26. The maximum absolute atomic E-state index is 11.1. The van der Waals surface area contributed by atoms with Gasteiger partial charge in [0.25, 0.3) is 0 Å². The van der Waals surface area contributed by atoms with Crippen molar-refractivity contribution in [1.82, 2.24) is 0 Å². The van der Waals surface area contributed by atoms with Gasteiger partial charge in [-0.15, -0.1) is 0 Å². The largest absolute Gasteiger partial charge is 0.460 e. The summed E-state index contributed by atoms with van der Waals surface area (Å²) >= 11 is 0. The van der Waals surface area contributed by atoms with E-state index in [-0.39, 0.29) is 25.0 Å². The lowest BCUT2D eigenvalue weighted by Crippen LogP contribution is -2.16. The Hall–Kier alpha value is -2.14. The Kier molecular flexibility index (Phi) is 6.55. The van der Waals surface area contributed by atoms with E-state index < -0.39 is 0 Å². The second kappa shape index (κ2) is 8.64. The molecule has 2 rings (SSSR count). The van der Waals surface area contributed by atoms with Crippen molar-refractivity contribution >= 4 is 11.9 Å². The fourth-order valence-corrected chi connectivity index (χ4v) is 3.08. The Morgan fingerprint density at radius 2 is 2.04 bits per heavy atom. The summed E-state index contributed by atoms with van der Waals surface area (Å²) in [5, 5.41) is 0. The Bertz CT molecular complexity index is 595. The Morgan fingerprint density at radius 1 is 1.33 bits per heavy atom. The van der Waals surface area contributed by atoms with Crippen LogP contribution in [0, 0.1) is 11.8 Å². The van der Waals surface area contributed by atoms with Crippen molar-refractivity contribution in [2.75, 3.05) is 6.54 Å². The van der Waals surface area contributed by atoms with E-state index >= 15 is 0 Å². The molecule has 0 aromatic heterocycles. The third-order valence-electron chi connectivity index (χ3n) is 4.62. The summed E-state index contributed by atoms with van der Waals surface area (Å²) in [5.74, 6) is 1.16. The predicted octanol–water partition coefficient (Wildman–Crippen LogP) is 2.25. The highest BCUT2D eigenvalue weighted by molar-refractivity contribution is 5.85. The summed E-state index contributed by atoms with van der Waals surface area (Å²) in [6.45, 7) is 2.45. The van der Waals surface area contributed by atoms with Crippen molar-refractivity contribution in [3.8, 4) is 0 Å². The second-order valence-electron chi connectivity index (χ2n) is 6.47. The number of hydrogen-bond acceptors (Lipinski definition) is 4. The number of esters is 1. The molecule has 1 fully saturated rings. The predicted molar refractivity (Wildman–Crippen MR) is 92.9 cm³/mol. The van der Waals surface area contributed by atoms with Gasteiger partial charge in [-0.1, -0.05) is 37.3 Å². The van der Waals surface area contributed by atoms with Crippen LogP contribution in [0.2, 0.25) is 0 Å². The number of hydrogen-bond donors (Lipinski definition) is 2. The van der Waals surface area contributed by atoms with E-state index in [1.807, 2.05) is 18.2 Å². The number of allylic oxidation sites excluding steroid dienone is 1. The zero-order chi connectivity index (χ0) is 17.5. The van der Waals surface area contributed by atoms with E-state index in [0.717, 1.165) is 18.4 Å².